The second-order valence-corrected chi connectivity index (χ2v) is 8.79. The molecule has 1 aliphatic carbocycles. The molecule has 0 aromatic carbocycles. The molecule has 4 atom stereocenters. The van der Waals surface area contributed by atoms with Crippen LogP contribution in [0.15, 0.2) is 36.2 Å². The Kier molecular flexibility index (Phi) is 5.78. The Bertz CT molecular complexity index is 717. The molecule has 146 valence electrons. The Labute approximate surface area is 165 Å². The summed E-state index contributed by atoms with van der Waals surface area (Å²) in [4.78, 5) is 20.6. The lowest BCUT2D eigenvalue weighted by molar-refractivity contribution is 0.123. The van der Waals surface area contributed by atoms with Crippen LogP contribution < -0.4 is 10.6 Å². The van der Waals surface area contributed by atoms with E-state index in [0.717, 1.165) is 38.8 Å². The maximum atomic E-state index is 12.6. The lowest BCUT2D eigenvalue weighted by Gasteiger charge is -2.39. The molecule has 3 heterocycles. The smallest absolute Gasteiger partial charge is 0.315 e. The molecule has 2 amide bonds. The Morgan fingerprint density at radius 3 is 3.04 bits per heavy atom. The van der Waals surface area contributed by atoms with Crippen LogP contribution in [0.2, 0.25) is 0 Å². The maximum absolute atomic E-state index is 12.6. The van der Waals surface area contributed by atoms with Gasteiger partial charge in [-0.15, -0.1) is 11.3 Å². The van der Waals surface area contributed by atoms with Gasteiger partial charge in [-0.2, -0.15) is 0 Å². The molecule has 2 aromatic heterocycles. The molecule has 1 saturated carbocycles. The SMILES string of the molecule is CN1CCCC(CNC(=O)NC2CCCC2n2ccnc2)C1c1cccs1. The second-order valence-electron chi connectivity index (χ2n) is 7.81. The van der Waals surface area contributed by atoms with Crippen molar-refractivity contribution in [1.82, 2.24) is 25.1 Å². The van der Waals surface area contributed by atoms with Crippen molar-refractivity contribution in [2.45, 2.75) is 50.2 Å². The van der Waals surface area contributed by atoms with Gasteiger partial charge in [-0.1, -0.05) is 6.07 Å². The molecule has 4 rings (SSSR count). The van der Waals surface area contributed by atoms with E-state index in [9.17, 15) is 4.79 Å². The van der Waals surface area contributed by atoms with Gasteiger partial charge in [0.1, 0.15) is 0 Å². The lowest BCUT2D eigenvalue weighted by atomic mass is 9.88. The topological polar surface area (TPSA) is 62.2 Å². The van der Waals surface area contributed by atoms with Crippen LogP contribution in [0.1, 0.15) is 49.1 Å². The maximum Gasteiger partial charge on any atom is 0.315 e. The third-order valence-corrected chi connectivity index (χ3v) is 7.01. The minimum absolute atomic E-state index is 0.0369. The monoisotopic (exact) mass is 387 g/mol. The number of aromatic nitrogens is 2. The Morgan fingerprint density at radius 2 is 2.26 bits per heavy atom. The fourth-order valence-corrected chi connectivity index (χ4v) is 5.74. The number of hydrogen-bond acceptors (Lipinski definition) is 4. The van der Waals surface area contributed by atoms with Gasteiger partial charge in [0.05, 0.1) is 18.4 Å². The van der Waals surface area contributed by atoms with Gasteiger partial charge in [-0.25, -0.2) is 9.78 Å². The predicted molar refractivity (Wildman–Crippen MR) is 108 cm³/mol. The molecule has 1 aliphatic heterocycles. The first-order valence-electron chi connectivity index (χ1n) is 9.98. The highest BCUT2D eigenvalue weighted by Crippen LogP contribution is 2.36. The number of nitrogens with one attached hydrogen (secondary N) is 2. The van der Waals surface area contributed by atoms with Crippen LogP contribution in [0.4, 0.5) is 4.79 Å². The molecule has 7 heteroatoms. The van der Waals surface area contributed by atoms with Crippen LogP contribution in [0, 0.1) is 5.92 Å². The van der Waals surface area contributed by atoms with Crippen LogP contribution in [-0.4, -0.2) is 46.7 Å². The van der Waals surface area contributed by atoms with Crippen molar-refractivity contribution < 1.29 is 4.79 Å². The zero-order chi connectivity index (χ0) is 18.6. The predicted octanol–water partition coefficient (Wildman–Crippen LogP) is 3.42. The van der Waals surface area contributed by atoms with E-state index in [0.29, 0.717) is 18.0 Å². The van der Waals surface area contributed by atoms with Gasteiger partial charge in [0.15, 0.2) is 0 Å². The number of amides is 2. The average Bonchev–Trinajstić information content (AvgIpc) is 3.41. The minimum Gasteiger partial charge on any atom is -0.338 e. The van der Waals surface area contributed by atoms with Gasteiger partial charge in [0.2, 0.25) is 0 Å². The molecule has 4 unspecified atom stereocenters. The standard InChI is InChI=1S/C20H29N5OS/c1-24-10-3-5-15(19(24)18-8-4-12-27-18)13-22-20(26)23-16-6-2-7-17(16)25-11-9-21-14-25/h4,8-9,11-12,14-17,19H,2-3,5-7,10,13H2,1H3,(H2,22,23,26). The number of carbonyl (C=O) groups is 1. The van der Waals surface area contributed by atoms with E-state index in [1.807, 2.05) is 23.9 Å². The first-order valence-corrected chi connectivity index (χ1v) is 10.9. The fourth-order valence-electron chi connectivity index (χ4n) is 4.76. The largest absolute Gasteiger partial charge is 0.338 e. The van der Waals surface area contributed by atoms with Gasteiger partial charge < -0.3 is 15.2 Å². The van der Waals surface area contributed by atoms with Crippen LogP contribution in [0.5, 0.6) is 0 Å². The molecule has 2 aliphatic rings. The van der Waals surface area contributed by atoms with Crippen LogP contribution in [-0.2, 0) is 0 Å². The number of nitrogens with zero attached hydrogens (tertiary/aromatic N) is 3. The highest BCUT2D eigenvalue weighted by Gasteiger charge is 2.32. The summed E-state index contributed by atoms with van der Waals surface area (Å²) in [6, 6.07) is 5.21. The summed E-state index contributed by atoms with van der Waals surface area (Å²) in [6.45, 7) is 1.85. The van der Waals surface area contributed by atoms with E-state index < -0.39 is 0 Å². The number of rotatable bonds is 5. The molecule has 27 heavy (non-hydrogen) atoms. The molecule has 2 fully saturated rings. The molecule has 2 N–H and O–H groups in total. The van der Waals surface area contributed by atoms with Crippen molar-refractivity contribution in [3.8, 4) is 0 Å². The highest BCUT2D eigenvalue weighted by molar-refractivity contribution is 7.10. The van der Waals surface area contributed by atoms with Crippen molar-refractivity contribution in [3.05, 3.63) is 41.1 Å². The molecule has 0 radical (unpaired) electrons. The number of hydrogen-bond donors (Lipinski definition) is 2. The molecular weight excluding hydrogens is 358 g/mol. The van der Waals surface area contributed by atoms with Crippen molar-refractivity contribution in [2.24, 2.45) is 5.92 Å². The molecule has 6 nitrogen and oxygen atoms in total. The summed E-state index contributed by atoms with van der Waals surface area (Å²) >= 11 is 1.82. The number of thiophene rings is 1. The van der Waals surface area contributed by atoms with Gasteiger partial charge in [-0.3, -0.25) is 4.90 Å². The quantitative estimate of drug-likeness (QED) is 0.826. The lowest BCUT2D eigenvalue weighted by Crippen LogP contribution is -2.47. The number of piperidine rings is 1. The summed E-state index contributed by atoms with van der Waals surface area (Å²) < 4.78 is 2.13. The third kappa shape index (κ3) is 4.19. The van der Waals surface area contributed by atoms with Gasteiger partial charge in [0, 0.05) is 29.9 Å². The van der Waals surface area contributed by atoms with E-state index in [1.165, 1.54) is 11.3 Å². The molecule has 1 saturated heterocycles. The van der Waals surface area contributed by atoms with Crippen molar-refractivity contribution in [3.63, 3.8) is 0 Å². The highest BCUT2D eigenvalue weighted by atomic mass is 32.1. The minimum atomic E-state index is -0.0369. The Morgan fingerprint density at radius 1 is 1.33 bits per heavy atom. The molecule has 0 bridgehead atoms. The average molecular weight is 388 g/mol. The third-order valence-electron chi connectivity index (χ3n) is 6.07. The summed E-state index contributed by atoms with van der Waals surface area (Å²) in [6.07, 6.45) is 11.3. The first-order chi connectivity index (χ1) is 13.2. The van der Waals surface area contributed by atoms with Crippen molar-refractivity contribution in [1.29, 1.82) is 0 Å². The Balaban J connectivity index is 1.33. The summed E-state index contributed by atoms with van der Waals surface area (Å²) in [5.74, 6) is 0.459. The van der Waals surface area contributed by atoms with Crippen LogP contribution >= 0.6 is 11.3 Å². The van der Waals surface area contributed by atoms with Crippen molar-refractivity contribution >= 4 is 17.4 Å². The van der Waals surface area contributed by atoms with Crippen LogP contribution in [0.25, 0.3) is 0 Å². The van der Waals surface area contributed by atoms with Gasteiger partial charge >= 0.3 is 6.03 Å². The summed E-state index contributed by atoms with van der Waals surface area (Å²) in [5.41, 5.74) is 0. The van der Waals surface area contributed by atoms with E-state index in [-0.39, 0.29) is 12.1 Å². The summed E-state index contributed by atoms with van der Waals surface area (Å²) in [7, 11) is 2.20. The van der Waals surface area contributed by atoms with E-state index in [2.05, 4.69) is 49.6 Å². The van der Waals surface area contributed by atoms with Gasteiger partial charge in [0.25, 0.3) is 0 Å². The zero-order valence-electron chi connectivity index (χ0n) is 15.9. The number of carbonyl (C=O) groups excluding carboxylic acids is 1. The van der Waals surface area contributed by atoms with E-state index in [4.69, 9.17) is 0 Å². The number of likely N-dealkylation sites (tertiary alicyclic amines) is 1. The number of imidazole rings is 1. The van der Waals surface area contributed by atoms with Crippen molar-refractivity contribution in [2.75, 3.05) is 20.1 Å². The summed E-state index contributed by atoms with van der Waals surface area (Å²) in [5, 5.41) is 8.51. The fraction of sp³-hybridized carbons (Fsp3) is 0.600. The van der Waals surface area contributed by atoms with Crippen LogP contribution in [0.3, 0.4) is 0 Å². The first kappa shape index (κ1) is 18.5. The number of urea groups is 1. The normalized spacial score (nSPS) is 28.9. The molecule has 0 spiro atoms. The van der Waals surface area contributed by atoms with Gasteiger partial charge in [-0.05, 0) is 63.1 Å². The zero-order valence-corrected chi connectivity index (χ0v) is 16.7. The second kappa shape index (κ2) is 8.44. The molecule has 2 aromatic rings. The van der Waals surface area contributed by atoms with E-state index >= 15 is 0 Å². The van der Waals surface area contributed by atoms with E-state index in [1.54, 1.807) is 6.20 Å². The Hall–Kier alpha value is -1.86. The molecular formula is C20H29N5OS.